The van der Waals surface area contributed by atoms with Gasteiger partial charge in [0.25, 0.3) is 0 Å². The zero-order valence-corrected chi connectivity index (χ0v) is 18.0. The van der Waals surface area contributed by atoms with E-state index >= 15 is 0 Å². The molecule has 0 saturated carbocycles. The SMILES string of the molecule is CC(Sc1ncnc2c1cnn2-c1ccccc1)C(=O)Nc1ccc(S(N)(=O)=O)cc1. The van der Waals surface area contributed by atoms with Crippen LogP contribution in [-0.4, -0.2) is 39.3 Å². The van der Waals surface area contributed by atoms with Gasteiger partial charge in [0.2, 0.25) is 15.9 Å². The Morgan fingerprint density at radius 1 is 1.10 bits per heavy atom. The molecule has 9 nitrogen and oxygen atoms in total. The summed E-state index contributed by atoms with van der Waals surface area (Å²) in [5.41, 5.74) is 1.99. The first-order valence-electron chi connectivity index (χ1n) is 9.17. The summed E-state index contributed by atoms with van der Waals surface area (Å²) in [5, 5.41) is 13.2. The van der Waals surface area contributed by atoms with Crippen LogP contribution in [0.15, 0.2) is 77.0 Å². The first-order valence-corrected chi connectivity index (χ1v) is 11.6. The molecule has 4 rings (SSSR count). The molecule has 1 amide bonds. The van der Waals surface area contributed by atoms with Gasteiger partial charge in [0.15, 0.2) is 5.65 Å². The van der Waals surface area contributed by atoms with Crippen molar-refractivity contribution in [3.63, 3.8) is 0 Å². The predicted octanol–water partition coefficient (Wildman–Crippen LogP) is 2.58. The highest BCUT2D eigenvalue weighted by molar-refractivity contribution is 8.00. The number of carbonyl (C=O) groups excluding carboxylic acids is 1. The molecule has 11 heteroatoms. The Hall–Kier alpha value is -3.28. The fourth-order valence-corrected chi connectivity index (χ4v) is 4.26. The number of sulfonamides is 1. The highest BCUT2D eigenvalue weighted by atomic mass is 32.2. The summed E-state index contributed by atoms with van der Waals surface area (Å²) >= 11 is 1.28. The Balaban J connectivity index is 1.51. The number of primary sulfonamides is 1. The van der Waals surface area contributed by atoms with Crippen molar-refractivity contribution in [3.8, 4) is 5.69 Å². The molecule has 0 spiro atoms. The number of benzene rings is 2. The smallest absolute Gasteiger partial charge is 0.238 e. The number of nitrogens with two attached hydrogens (primary N) is 1. The van der Waals surface area contributed by atoms with Crippen LogP contribution in [0.25, 0.3) is 16.7 Å². The molecule has 1 unspecified atom stereocenters. The average Bonchev–Trinajstić information content (AvgIpc) is 3.19. The van der Waals surface area contributed by atoms with E-state index in [1.165, 1.54) is 42.4 Å². The monoisotopic (exact) mass is 454 g/mol. The minimum absolute atomic E-state index is 0.0215. The zero-order valence-electron chi connectivity index (χ0n) is 16.3. The minimum atomic E-state index is -3.78. The number of rotatable bonds is 6. The van der Waals surface area contributed by atoms with E-state index in [4.69, 9.17) is 5.14 Å². The number of amides is 1. The van der Waals surface area contributed by atoms with E-state index in [0.717, 1.165) is 11.1 Å². The van der Waals surface area contributed by atoms with Crippen molar-refractivity contribution in [2.24, 2.45) is 5.14 Å². The van der Waals surface area contributed by atoms with Crippen molar-refractivity contribution in [2.75, 3.05) is 5.32 Å². The third-order valence-corrected chi connectivity index (χ3v) is 6.48. The molecule has 0 aliphatic rings. The second kappa shape index (κ2) is 8.46. The van der Waals surface area contributed by atoms with Gasteiger partial charge in [-0.2, -0.15) is 5.10 Å². The summed E-state index contributed by atoms with van der Waals surface area (Å²) in [6, 6.07) is 15.3. The van der Waals surface area contributed by atoms with Crippen molar-refractivity contribution in [3.05, 3.63) is 67.1 Å². The van der Waals surface area contributed by atoms with Crippen molar-refractivity contribution in [1.29, 1.82) is 0 Å². The number of carbonyl (C=O) groups is 1. The Bertz CT molecular complexity index is 1340. The number of hydrogen-bond donors (Lipinski definition) is 2. The average molecular weight is 455 g/mol. The third-order valence-electron chi connectivity index (χ3n) is 4.44. The predicted molar refractivity (Wildman–Crippen MR) is 118 cm³/mol. The van der Waals surface area contributed by atoms with Crippen LogP contribution >= 0.6 is 11.8 Å². The summed E-state index contributed by atoms with van der Waals surface area (Å²) in [6.07, 6.45) is 3.13. The van der Waals surface area contributed by atoms with E-state index in [1.54, 1.807) is 17.8 Å². The number of para-hydroxylation sites is 1. The molecular weight excluding hydrogens is 436 g/mol. The quantitative estimate of drug-likeness (QED) is 0.338. The minimum Gasteiger partial charge on any atom is -0.325 e. The van der Waals surface area contributed by atoms with Gasteiger partial charge in [-0.3, -0.25) is 4.79 Å². The van der Waals surface area contributed by atoms with Gasteiger partial charge in [0, 0.05) is 5.69 Å². The van der Waals surface area contributed by atoms with E-state index in [1.807, 2.05) is 30.3 Å². The summed E-state index contributed by atoms with van der Waals surface area (Å²) in [7, 11) is -3.78. The largest absolute Gasteiger partial charge is 0.325 e. The molecule has 31 heavy (non-hydrogen) atoms. The number of nitrogens with zero attached hydrogens (tertiary/aromatic N) is 4. The van der Waals surface area contributed by atoms with E-state index in [2.05, 4.69) is 20.4 Å². The molecule has 2 aromatic carbocycles. The van der Waals surface area contributed by atoms with Crippen LogP contribution in [0.4, 0.5) is 5.69 Å². The van der Waals surface area contributed by atoms with Gasteiger partial charge in [0.1, 0.15) is 11.4 Å². The maximum Gasteiger partial charge on any atom is 0.238 e. The first-order chi connectivity index (χ1) is 14.8. The van der Waals surface area contributed by atoms with Crippen LogP contribution in [0.3, 0.4) is 0 Å². The number of nitrogens with one attached hydrogen (secondary N) is 1. The lowest BCUT2D eigenvalue weighted by atomic mass is 10.3. The van der Waals surface area contributed by atoms with Gasteiger partial charge in [-0.15, -0.1) is 0 Å². The molecule has 158 valence electrons. The molecule has 1 atom stereocenters. The van der Waals surface area contributed by atoms with Crippen LogP contribution < -0.4 is 10.5 Å². The maximum absolute atomic E-state index is 12.6. The van der Waals surface area contributed by atoms with Gasteiger partial charge in [0.05, 0.1) is 27.4 Å². The van der Waals surface area contributed by atoms with Crippen molar-refractivity contribution < 1.29 is 13.2 Å². The summed E-state index contributed by atoms with van der Waals surface area (Å²) in [5.74, 6) is -0.254. The zero-order chi connectivity index (χ0) is 22.0. The highest BCUT2D eigenvalue weighted by Crippen LogP contribution is 2.29. The van der Waals surface area contributed by atoms with E-state index < -0.39 is 15.3 Å². The van der Waals surface area contributed by atoms with Gasteiger partial charge in [-0.05, 0) is 43.3 Å². The number of fused-ring (bicyclic) bond motifs is 1. The Morgan fingerprint density at radius 2 is 1.81 bits per heavy atom. The van der Waals surface area contributed by atoms with Crippen LogP contribution in [0, 0.1) is 0 Å². The molecule has 0 radical (unpaired) electrons. The third kappa shape index (κ3) is 4.58. The molecule has 0 saturated heterocycles. The van der Waals surface area contributed by atoms with E-state index in [9.17, 15) is 13.2 Å². The van der Waals surface area contributed by atoms with E-state index in [-0.39, 0.29) is 10.8 Å². The second-order valence-electron chi connectivity index (χ2n) is 6.63. The van der Waals surface area contributed by atoms with Gasteiger partial charge in [-0.25, -0.2) is 28.2 Å². The van der Waals surface area contributed by atoms with E-state index in [0.29, 0.717) is 16.4 Å². The lowest BCUT2D eigenvalue weighted by Gasteiger charge is -2.12. The molecule has 0 aliphatic carbocycles. The Kier molecular flexibility index (Phi) is 5.72. The number of anilines is 1. The molecule has 4 aromatic rings. The lowest BCUT2D eigenvalue weighted by Crippen LogP contribution is -2.22. The normalized spacial score (nSPS) is 12.6. The van der Waals surface area contributed by atoms with Gasteiger partial charge in [-0.1, -0.05) is 30.0 Å². The Labute approximate surface area is 182 Å². The van der Waals surface area contributed by atoms with Crippen LogP contribution in [-0.2, 0) is 14.8 Å². The Morgan fingerprint density at radius 3 is 2.48 bits per heavy atom. The van der Waals surface area contributed by atoms with Crippen LogP contribution in [0.5, 0.6) is 0 Å². The summed E-state index contributed by atoms with van der Waals surface area (Å²) in [6.45, 7) is 1.76. The first kappa shape index (κ1) is 21.0. The summed E-state index contributed by atoms with van der Waals surface area (Å²) < 4.78 is 24.4. The van der Waals surface area contributed by atoms with Gasteiger partial charge < -0.3 is 5.32 Å². The molecule has 0 fully saturated rings. The molecular formula is C20H18N6O3S2. The lowest BCUT2D eigenvalue weighted by molar-refractivity contribution is -0.115. The molecule has 0 aliphatic heterocycles. The molecule has 2 heterocycles. The molecule has 0 bridgehead atoms. The van der Waals surface area contributed by atoms with Crippen molar-refractivity contribution >= 4 is 44.4 Å². The topological polar surface area (TPSA) is 133 Å². The van der Waals surface area contributed by atoms with Crippen LogP contribution in [0.1, 0.15) is 6.92 Å². The van der Waals surface area contributed by atoms with Gasteiger partial charge >= 0.3 is 0 Å². The second-order valence-corrected chi connectivity index (χ2v) is 9.52. The number of hydrogen-bond acceptors (Lipinski definition) is 7. The van der Waals surface area contributed by atoms with Crippen molar-refractivity contribution in [1.82, 2.24) is 19.7 Å². The fraction of sp³-hybridized carbons (Fsp3) is 0.100. The molecule has 2 aromatic heterocycles. The van der Waals surface area contributed by atoms with Crippen LogP contribution in [0.2, 0.25) is 0 Å². The summed E-state index contributed by atoms with van der Waals surface area (Å²) in [4.78, 5) is 21.3. The van der Waals surface area contributed by atoms with Crippen molar-refractivity contribution in [2.45, 2.75) is 22.1 Å². The standard InChI is InChI=1S/C20H18N6O3S2/c1-13(19(27)25-14-7-9-16(10-8-14)31(21,28)29)30-20-17-11-24-26(18(17)22-12-23-20)15-5-3-2-4-6-15/h2-13H,1H3,(H,25,27)(H2,21,28,29). The number of aromatic nitrogens is 4. The number of thioether (sulfide) groups is 1. The fourth-order valence-electron chi connectivity index (χ4n) is 2.87. The highest BCUT2D eigenvalue weighted by Gasteiger charge is 2.19. The molecule has 3 N–H and O–H groups in total. The maximum atomic E-state index is 12.6.